The largest absolute Gasteiger partial charge is 0.383 e. The Kier molecular flexibility index (Phi) is 15.8. The number of hydrogen-bond donors (Lipinski definition) is 3. The number of nitrogens with zero attached hydrogens (tertiary/aromatic N) is 3. The van der Waals surface area contributed by atoms with E-state index in [2.05, 4.69) is 87.5 Å². The Labute approximate surface area is 263 Å². The lowest BCUT2D eigenvalue weighted by atomic mass is 9.88. The zero-order chi connectivity index (χ0) is 31.9. The van der Waals surface area contributed by atoms with Gasteiger partial charge in [-0.2, -0.15) is 0 Å². The number of amides is 2. The van der Waals surface area contributed by atoms with Crippen LogP contribution in [0.1, 0.15) is 114 Å². The minimum atomic E-state index is 0.00268. The Balaban J connectivity index is 0.00000206. The van der Waals surface area contributed by atoms with E-state index >= 15 is 0 Å². The van der Waals surface area contributed by atoms with Gasteiger partial charge in [0.25, 0.3) is 5.91 Å². The number of rotatable bonds is 14. The van der Waals surface area contributed by atoms with Gasteiger partial charge in [0, 0.05) is 29.4 Å². The average molecular weight is 611 g/mol. The second-order valence-corrected chi connectivity index (χ2v) is 12.9. The first-order chi connectivity index (χ1) is 20.6. The maximum absolute atomic E-state index is 14.0. The van der Waals surface area contributed by atoms with Gasteiger partial charge >= 0.3 is 0 Å². The minimum absolute atomic E-state index is 0.00268. The number of carbonyl (C=O) groups excluding carboxylic acids is 2. The van der Waals surface area contributed by atoms with Crippen molar-refractivity contribution in [3.05, 3.63) is 47.2 Å². The molecule has 2 amide bonds. The number of primary amides is 1. The van der Waals surface area contributed by atoms with Crippen molar-refractivity contribution >= 4 is 42.3 Å². The number of benzene rings is 1. The number of aromatic nitrogens is 1. The quantitative estimate of drug-likeness (QED) is 0.119. The molecule has 0 spiro atoms. The van der Waals surface area contributed by atoms with Crippen LogP contribution in [0.3, 0.4) is 0 Å². The van der Waals surface area contributed by atoms with E-state index in [9.17, 15) is 4.79 Å². The minimum Gasteiger partial charge on any atom is -0.383 e. The van der Waals surface area contributed by atoms with E-state index in [1.807, 2.05) is 22.7 Å². The molecule has 3 rings (SSSR count). The summed E-state index contributed by atoms with van der Waals surface area (Å²) in [4.78, 5) is 34.6. The highest BCUT2D eigenvalue weighted by atomic mass is 32.2. The predicted molar refractivity (Wildman–Crippen MR) is 182 cm³/mol. The Bertz CT molecular complexity index is 1170. The first-order valence-electron chi connectivity index (χ1n) is 15.8. The van der Waals surface area contributed by atoms with Crippen LogP contribution in [0.4, 0.5) is 11.5 Å². The van der Waals surface area contributed by atoms with Gasteiger partial charge in [-0.1, -0.05) is 54.0 Å². The van der Waals surface area contributed by atoms with E-state index in [-0.39, 0.29) is 18.4 Å². The van der Waals surface area contributed by atoms with Crippen molar-refractivity contribution < 1.29 is 9.59 Å². The van der Waals surface area contributed by atoms with Crippen molar-refractivity contribution in [2.45, 2.75) is 103 Å². The van der Waals surface area contributed by atoms with Crippen molar-refractivity contribution in [1.29, 1.82) is 0 Å². The van der Waals surface area contributed by atoms with E-state index in [4.69, 9.17) is 10.5 Å². The number of nitrogens with two attached hydrogens (primary N) is 2. The third-order valence-electron chi connectivity index (χ3n) is 8.40. The Hall–Kier alpha value is -2.91. The molecule has 1 aromatic carbocycles. The SMILES string of the molecule is C=Nc1cc([C@H]2CCC(C)CN2C(=O)c2cnc(N)c(C(CC)CC)c2)ccc1SCC(CC)CCNC(C)C.NC=O. The predicted octanol–water partition coefficient (Wildman–Crippen LogP) is 7.12. The van der Waals surface area contributed by atoms with Gasteiger partial charge in [0.1, 0.15) is 5.82 Å². The van der Waals surface area contributed by atoms with Crippen LogP contribution in [-0.2, 0) is 4.79 Å². The summed E-state index contributed by atoms with van der Waals surface area (Å²) in [5, 5.41) is 3.54. The van der Waals surface area contributed by atoms with Crippen molar-refractivity contribution in [2.75, 3.05) is 24.6 Å². The number of pyridine rings is 1. The van der Waals surface area contributed by atoms with Crippen LogP contribution >= 0.6 is 11.8 Å². The molecule has 1 fully saturated rings. The van der Waals surface area contributed by atoms with Crippen LogP contribution in [0.2, 0.25) is 0 Å². The fraction of sp³-hybridized carbons (Fsp3) is 0.588. The number of likely N-dealkylation sites (tertiary alicyclic amines) is 1. The summed E-state index contributed by atoms with van der Waals surface area (Å²) in [6.45, 7) is 18.9. The first-order valence-corrected chi connectivity index (χ1v) is 16.8. The van der Waals surface area contributed by atoms with Crippen LogP contribution < -0.4 is 16.8 Å². The average Bonchev–Trinajstić information content (AvgIpc) is 3.00. The van der Waals surface area contributed by atoms with Gasteiger partial charge in [0.2, 0.25) is 6.41 Å². The summed E-state index contributed by atoms with van der Waals surface area (Å²) < 4.78 is 0. The van der Waals surface area contributed by atoms with Crippen molar-refractivity contribution in [3.8, 4) is 0 Å². The molecule has 8 nitrogen and oxygen atoms in total. The maximum Gasteiger partial charge on any atom is 0.255 e. The molecular weight excluding hydrogens is 556 g/mol. The number of anilines is 1. The fourth-order valence-corrected chi connectivity index (χ4v) is 6.98. The van der Waals surface area contributed by atoms with Gasteiger partial charge in [0.15, 0.2) is 0 Å². The highest BCUT2D eigenvalue weighted by molar-refractivity contribution is 7.99. The van der Waals surface area contributed by atoms with Gasteiger partial charge in [-0.05, 0) is 92.4 Å². The van der Waals surface area contributed by atoms with Crippen molar-refractivity contribution in [1.82, 2.24) is 15.2 Å². The van der Waals surface area contributed by atoms with Gasteiger partial charge in [-0.15, -0.1) is 11.8 Å². The molecule has 1 aliphatic rings. The number of thioether (sulfide) groups is 1. The molecular formula is C34H54N6O2S. The molecule has 1 aliphatic heterocycles. The topological polar surface area (TPSA) is 127 Å². The normalized spacial score (nSPS) is 17.3. The number of nitrogen functional groups attached to an aromatic ring is 1. The van der Waals surface area contributed by atoms with E-state index in [1.165, 1.54) is 6.42 Å². The summed E-state index contributed by atoms with van der Waals surface area (Å²) >= 11 is 1.87. The van der Waals surface area contributed by atoms with Crippen LogP contribution in [0.25, 0.3) is 0 Å². The third kappa shape index (κ3) is 10.6. The van der Waals surface area contributed by atoms with Crippen LogP contribution in [-0.4, -0.2) is 53.8 Å². The summed E-state index contributed by atoms with van der Waals surface area (Å²) in [5.74, 6) is 3.03. The maximum atomic E-state index is 14.0. The molecule has 0 bridgehead atoms. The van der Waals surface area contributed by atoms with Crippen LogP contribution in [0.5, 0.6) is 0 Å². The number of piperidine rings is 1. The molecule has 2 unspecified atom stereocenters. The highest BCUT2D eigenvalue weighted by Crippen LogP contribution is 2.39. The lowest BCUT2D eigenvalue weighted by Gasteiger charge is -2.39. The van der Waals surface area contributed by atoms with Gasteiger partial charge < -0.3 is 21.7 Å². The summed E-state index contributed by atoms with van der Waals surface area (Å²) in [6.07, 6.45) is 8.20. The van der Waals surface area contributed by atoms with Gasteiger partial charge in [0.05, 0.1) is 17.3 Å². The molecule has 43 heavy (non-hydrogen) atoms. The molecule has 1 aromatic heterocycles. The number of aliphatic imine (C=N–C) groups is 1. The third-order valence-corrected chi connectivity index (χ3v) is 9.69. The van der Waals surface area contributed by atoms with E-state index in [0.717, 1.165) is 72.7 Å². The Morgan fingerprint density at radius 2 is 1.91 bits per heavy atom. The second kappa shape index (κ2) is 18.7. The standard InChI is InChI=1S/C33H51N5OS.CH3NO/c1-8-24(15-16-36-22(4)5)21-40-31-14-12-26(18-29(31)35-7)30-13-11-23(6)20-38(30)33(39)27-17-28(25(9-2)10-3)32(34)37-19-27;2-1-3/h12,14,17-19,22-25,30,36H,7-11,13,15-16,20-21H2,1-6H3,(H2,34,37);1H,(H2,2,3)/t23?,24?,30-;/m1./s1. The van der Waals surface area contributed by atoms with Crippen LogP contribution in [0, 0.1) is 11.8 Å². The molecule has 238 valence electrons. The summed E-state index contributed by atoms with van der Waals surface area (Å²) in [5.41, 5.74) is 14.1. The molecule has 2 heterocycles. The second-order valence-electron chi connectivity index (χ2n) is 11.9. The highest BCUT2D eigenvalue weighted by Gasteiger charge is 2.32. The zero-order valence-electron chi connectivity index (χ0n) is 27.1. The molecule has 3 atom stereocenters. The Morgan fingerprint density at radius 3 is 2.51 bits per heavy atom. The number of hydrogen-bond acceptors (Lipinski definition) is 7. The van der Waals surface area contributed by atoms with Crippen molar-refractivity contribution in [2.24, 2.45) is 22.6 Å². The van der Waals surface area contributed by atoms with Crippen molar-refractivity contribution in [3.63, 3.8) is 0 Å². The van der Waals surface area contributed by atoms with E-state index in [1.54, 1.807) is 6.20 Å². The smallest absolute Gasteiger partial charge is 0.255 e. The first kappa shape index (κ1) is 36.3. The summed E-state index contributed by atoms with van der Waals surface area (Å²) in [6, 6.07) is 9.02. The zero-order valence-corrected chi connectivity index (χ0v) is 28.0. The molecule has 5 N–H and O–H groups in total. The number of nitrogens with one attached hydrogen (secondary N) is 1. The van der Waals surface area contributed by atoms with Gasteiger partial charge in [-0.25, -0.2) is 4.98 Å². The molecule has 0 radical (unpaired) electrons. The lowest BCUT2D eigenvalue weighted by molar-refractivity contribution is -0.106. The monoisotopic (exact) mass is 610 g/mol. The van der Waals surface area contributed by atoms with Crippen LogP contribution in [0.15, 0.2) is 40.4 Å². The summed E-state index contributed by atoms with van der Waals surface area (Å²) in [7, 11) is 0. The Morgan fingerprint density at radius 1 is 1.21 bits per heavy atom. The molecule has 1 saturated heterocycles. The molecule has 0 saturated carbocycles. The molecule has 2 aromatic rings. The molecule has 9 heteroatoms. The fourth-order valence-electron chi connectivity index (χ4n) is 5.73. The molecule has 0 aliphatic carbocycles. The van der Waals surface area contributed by atoms with E-state index < -0.39 is 0 Å². The van der Waals surface area contributed by atoms with E-state index in [0.29, 0.717) is 35.2 Å². The number of carbonyl (C=O) groups is 2. The van der Waals surface area contributed by atoms with Gasteiger partial charge in [-0.3, -0.25) is 14.6 Å². The lowest BCUT2D eigenvalue weighted by Crippen LogP contribution is -2.41.